The van der Waals surface area contributed by atoms with E-state index < -0.39 is 30.3 Å². The van der Waals surface area contributed by atoms with Crippen LogP contribution in [0.3, 0.4) is 0 Å². The van der Waals surface area contributed by atoms with Gasteiger partial charge in [-0.2, -0.15) is 0 Å². The monoisotopic (exact) mass is 441 g/mol. The molecule has 1 saturated heterocycles. The molecule has 0 saturated carbocycles. The van der Waals surface area contributed by atoms with Gasteiger partial charge in [0.15, 0.2) is 12.4 Å². The molecule has 1 heterocycles. The molecule has 0 aliphatic carbocycles. The van der Waals surface area contributed by atoms with Crippen molar-refractivity contribution in [3.63, 3.8) is 0 Å². The van der Waals surface area contributed by atoms with Gasteiger partial charge in [0.1, 0.15) is 11.6 Å². The number of rotatable bonds is 5. The molecule has 0 aromatic heterocycles. The van der Waals surface area contributed by atoms with Crippen molar-refractivity contribution in [2.24, 2.45) is 0 Å². The van der Waals surface area contributed by atoms with Crippen LogP contribution in [0, 0.1) is 0 Å². The number of methoxy groups -OCH3 is 1. The zero-order chi connectivity index (χ0) is 20.2. The number of hydrogen-bond acceptors (Lipinski definition) is 6. The fourth-order valence-corrected chi connectivity index (χ4v) is 2.93. The molecule has 0 spiro atoms. The highest BCUT2D eigenvalue weighted by atomic mass is 79.9. The number of ketones is 1. The minimum atomic E-state index is -0.845. The number of nitrogens with zero attached hydrogens (tertiary/aromatic N) is 1. The lowest BCUT2D eigenvalue weighted by Crippen LogP contribution is -2.44. The average Bonchev–Trinajstić information content (AvgIpc) is 3.03. The van der Waals surface area contributed by atoms with Gasteiger partial charge < -0.3 is 14.2 Å². The average molecular weight is 442 g/mol. The van der Waals surface area contributed by atoms with Crippen molar-refractivity contribution in [3.05, 3.63) is 34.3 Å². The molecular weight excluding hydrogens is 418 g/mol. The van der Waals surface area contributed by atoms with Crippen molar-refractivity contribution in [2.75, 3.05) is 20.3 Å². The minimum absolute atomic E-state index is 0.228. The number of carbonyl (C=O) groups excluding carboxylic acids is 3. The van der Waals surface area contributed by atoms with Gasteiger partial charge in [0.05, 0.1) is 12.6 Å². The first-order valence-electron chi connectivity index (χ1n) is 8.58. The number of carbonyl (C=O) groups is 3. The maximum atomic E-state index is 12.5. The Labute approximate surface area is 167 Å². The summed E-state index contributed by atoms with van der Waals surface area (Å²) in [5, 5.41) is 0. The summed E-state index contributed by atoms with van der Waals surface area (Å²) in [4.78, 5) is 38.4. The third-order valence-electron chi connectivity index (χ3n) is 4.01. The SMILES string of the molecule is CO[C@H]1C[C@@H](C(=O)OCC(=O)c2ccc(Br)cc2)N(C(=O)OC(C)(C)C)C1. The Morgan fingerprint density at radius 3 is 2.37 bits per heavy atom. The Hall–Kier alpha value is -1.93. The summed E-state index contributed by atoms with van der Waals surface area (Å²) in [6, 6.07) is 5.91. The van der Waals surface area contributed by atoms with Gasteiger partial charge in [0, 0.05) is 23.6 Å². The maximum absolute atomic E-state index is 12.5. The van der Waals surface area contributed by atoms with Crippen molar-refractivity contribution < 1.29 is 28.6 Å². The molecule has 1 aliphatic rings. The molecule has 0 N–H and O–H groups in total. The Kier molecular flexibility index (Phi) is 7.00. The van der Waals surface area contributed by atoms with Gasteiger partial charge in [-0.1, -0.05) is 28.1 Å². The quantitative estimate of drug-likeness (QED) is 0.515. The number of amides is 1. The maximum Gasteiger partial charge on any atom is 0.411 e. The molecule has 1 aromatic carbocycles. The van der Waals surface area contributed by atoms with E-state index in [4.69, 9.17) is 14.2 Å². The summed E-state index contributed by atoms with van der Waals surface area (Å²) < 4.78 is 16.7. The van der Waals surface area contributed by atoms with Gasteiger partial charge in [0.25, 0.3) is 0 Å². The number of ether oxygens (including phenoxy) is 3. The van der Waals surface area contributed by atoms with Gasteiger partial charge >= 0.3 is 12.1 Å². The second kappa shape index (κ2) is 8.84. The number of likely N-dealkylation sites (tertiary alicyclic amines) is 1. The highest BCUT2D eigenvalue weighted by Crippen LogP contribution is 2.24. The van der Waals surface area contributed by atoms with E-state index in [9.17, 15) is 14.4 Å². The van der Waals surface area contributed by atoms with Crippen LogP contribution in [0.2, 0.25) is 0 Å². The van der Waals surface area contributed by atoms with E-state index >= 15 is 0 Å². The Balaban J connectivity index is 2.00. The van der Waals surface area contributed by atoms with Crippen LogP contribution in [0.4, 0.5) is 4.79 Å². The van der Waals surface area contributed by atoms with Crippen molar-refractivity contribution in [2.45, 2.75) is 44.9 Å². The first-order valence-corrected chi connectivity index (χ1v) is 9.38. The lowest BCUT2D eigenvalue weighted by Gasteiger charge is -2.27. The van der Waals surface area contributed by atoms with E-state index in [1.807, 2.05) is 0 Å². The number of Topliss-reactive ketones (excluding diaryl/α,β-unsaturated/α-hetero) is 1. The van der Waals surface area contributed by atoms with E-state index in [1.165, 1.54) is 12.0 Å². The second-order valence-electron chi connectivity index (χ2n) is 7.28. The highest BCUT2D eigenvalue weighted by molar-refractivity contribution is 9.10. The molecule has 1 amide bonds. The van der Waals surface area contributed by atoms with Gasteiger partial charge in [-0.25, -0.2) is 9.59 Å². The third-order valence-corrected chi connectivity index (χ3v) is 4.54. The predicted molar refractivity (Wildman–Crippen MR) is 102 cm³/mol. The summed E-state index contributed by atoms with van der Waals surface area (Å²) in [5.41, 5.74) is -0.245. The van der Waals surface area contributed by atoms with Crippen LogP contribution in [-0.4, -0.2) is 60.8 Å². The van der Waals surface area contributed by atoms with Gasteiger partial charge in [-0.3, -0.25) is 9.69 Å². The summed E-state index contributed by atoms with van der Waals surface area (Å²) in [7, 11) is 1.52. The molecule has 1 fully saturated rings. The molecule has 0 radical (unpaired) electrons. The van der Waals surface area contributed by atoms with Crippen LogP contribution in [0.5, 0.6) is 0 Å². The molecule has 8 heteroatoms. The van der Waals surface area contributed by atoms with Gasteiger partial charge in [-0.15, -0.1) is 0 Å². The first-order chi connectivity index (χ1) is 12.6. The zero-order valence-electron chi connectivity index (χ0n) is 15.9. The number of esters is 1. The summed E-state index contributed by atoms with van der Waals surface area (Å²) >= 11 is 3.30. The number of halogens is 1. The van der Waals surface area contributed by atoms with Gasteiger partial charge in [0.2, 0.25) is 0 Å². The largest absolute Gasteiger partial charge is 0.456 e. The van der Waals surface area contributed by atoms with Crippen LogP contribution < -0.4 is 0 Å². The highest BCUT2D eigenvalue weighted by Gasteiger charge is 2.42. The minimum Gasteiger partial charge on any atom is -0.456 e. The van der Waals surface area contributed by atoms with Crippen molar-refractivity contribution in [1.82, 2.24) is 4.90 Å². The van der Waals surface area contributed by atoms with Crippen molar-refractivity contribution >= 4 is 33.8 Å². The molecule has 0 bridgehead atoms. The van der Waals surface area contributed by atoms with Crippen LogP contribution in [0.25, 0.3) is 0 Å². The van der Waals surface area contributed by atoms with E-state index in [0.29, 0.717) is 12.0 Å². The first kappa shape index (κ1) is 21.4. The fourth-order valence-electron chi connectivity index (χ4n) is 2.67. The molecule has 1 aliphatic heterocycles. The molecule has 0 unspecified atom stereocenters. The Morgan fingerprint density at radius 1 is 1.19 bits per heavy atom. The number of benzene rings is 1. The molecule has 7 nitrogen and oxygen atoms in total. The lowest BCUT2D eigenvalue weighted by molar-refractivity contribution is -0.147. The smallest absolute Gasteiger partial charge is 0.411 e. The standard InChI is InChI=1S/C19H24BrNO6/c1-19(2,3)27-18(24)21-10-14(25-4)9-15(21)17(23)26-11-16(22)12-5-7-13(20)8-6-12/h5-8,14-15H,9-11H2,1-4H3/t14-,15-/m0/s1. The van der Waals surface area contributed by atoms with E-state index in [-0.39, 0.29) is 18.4 Å². The zero-order valence-corrected chi connectivity index (χ0v) is 17.4. The molecule has 1 aromatic rings. The molecule has 27 heavy (non-hydrogen) atoms. The van der Waals surface area contributed by atoms with Crippen LogP contribution in [-0.2, 0) is 19.0 Å². The van der Waals surface area contributed by atoms with Crippen molar-refractivity contribution in [3.8, 4) is 0 Å². The second-order valence-corrected chi connectivity index (χ2v) is 8.20. The lowest BCUT2D eigenvalue weighted by atomic mass is 10.1. The van der Waals surface area contributed by atoms with Crippen LogP contribution >= 0.6 is 15.9 Å². The normalized spacial score (nSPS) is 19.7. The number of hydrogen-bond donors (Lipinski definition) is 0. The van der Waals surface area contributed by atoms with E-state index in [1.54, 1.807) is 45.0 Å². The van der Waals surface area contributed by atoms with E-state index in [0.717, 1.165) is 4.47 Å². The summed E-state index contributed by atoms with van der Waals surface area (Å²) in [6.45, 7) is 5.08. The van der Waals surface area contributed by atoms with Crippen LogP contribution in [0.15, 0.2) is 28.7 Å². The predicted octanol–water partition coefficient (Wildman–Crippen LogP) is 3.20. The third kappa shape index (κ3) is 6.04. The molecular formula is C19H24BrNO6. The Morgan fingerprint density at radius 2 is 1.81 bits per heavy atom. The molecule has 148 valence electrons. The fraction of sp³-hybridized carbons (Fsp3) is 0.526. The van der Waals surface area contributed by atoms with Crippen molar-refractivity contribution in [1.29, 1.82) is 0 Å². The Bertz CT molecular complexity index is 697. The molecule has 2 rings (SSSR count). The van der Waals surface area contributed by atoms with Gasteiger partial charge in [-0.05, 0) is 32.9 Å². The topological polar surface area (TPSA) is 82.1 Å². The summed E-state index contributed by atoms with van der Waals surface area (Å²) in [6.07, 6.45) is -0.610. The molecule has 2 atom stereocenters. The van der Waals surface area contributed by atoms with E-state index in [2.05, 4.69) is 15.9 Å². The summed E-state index contributed by atoms with van der Waals surface area (Å²) in [5.74, 6) is -0.966. The van der Waals surface area contributed by atoms with Crippen LogP contribution in [0.1, 0.15) is 37.6 Å².